The van der Waals surface area contributed by atoms with Gasteiger partial charge in [0.25, 0.3) is 5.91 Å². The van der Waals surface area contributed by atoms with Crippen LogP contribution in [0.2, 0.25) is 5.02 Å². The Morgan fingerprint density at radius 1 is 1.12 bits per heavy atom. The minimum Gasteiger partial charge on any atom is -0.478 e. The number of sulfonamides is 1. The molecular formula is C17H17ClN2O4S. The number of rotatable bonds is 6. The maximum atomic E-state index is 12.2. The number of ether oxygens (including phenoxy) is 1. The fourth-order valence-corrected chi connectivity index (χ4v) is 3.97. The zero-order valence-electron chi connectivity index (χ0n) is 13.2. The zero-order chi connectivity index (χ0) is 17.9. The Hall–Kier alpha value is -2.09. The first-order valence-electron chi connectivity index (χ1n) is 7.72. The molecule has 1 aliphatic rings. The molecule has 1 heterocycles. The van der Waals surface area contributed by atoms with Gasteiger partial charge in [0, 0.05) is 18.0 Å². The lowest BCUT2D eigenvalue weighted by Gasteiger charge is -2.25. The molecule has 0 saturated carbocycles. The van der Waals surface area contributed by atoms with Crippen LogP contribution in [0.15, 0.2) is 48.5 Å². The van der Waals surface area contributed by atoms with E-state index in [2.05, 4.69) is 10.0 Å². The molecule has 2 aromatic rings. The van der Waals surface area contributed by atoms with E-state index in [0.717, 1.165) is 0 Å². The SMILES string of the molecule is O=C1Nc2ccccc2OC1CCNS(=O)(=O)Cc1ccccc1Cl. The number of anilines is 1. The molecule has 0 spiro atoms. The van der Waals surface area contributed by atoms with E-state index in [-0.39, 0.29) is 24.6 Å². The van der Waals surface area contributed by atoms with Gasteiger partial charge in [-0.25, -0.2) is 13.1 Å². The molecule has 2 aromatic carbocycles. The first-order valence-corrected chi connectivity index (χ1v) is 9.75. The second kappa shape index (κ2) is 7.43. The summed E-state index contributed by atoms with van der Waals surface area (Å²) in [4.78, 5) is 12.0. The Morgan fingerprint density at radius 3 is 2.64 bits per heavy atom. The van der Waals surface area contributed by atoms with Gasteiger partial charge in [-0.2, -0.15) is 0 Å². The second-order valence-electron chi connectivity index (χ2n) is 5.63. The van der Waals surface area contributed by atoms with E-state index in [4.69, 9.17) is 16.3 Å². The Balaban J connectivity index is 1.56. The quantitative estimate of drug-likeness (QED) is 0.806. The molecule has 0 fully saturated rings. The van der Waals surface area contributed by atoms with E-state index >= 15 is 0 Å². The Kier molecular flexibility index (Phi) is 5.27. The lowest BCUT2D eigenvalue weighted by atomic mass is 10.2. The maximum Gasteiger partial charge on any atom is 0.265 e. The number of carbonyl (C=O) groups excluding carboxylic acids is 1. The predicted molar refractivity (Wildman–Crippen MR) is 96.2 cm³/mol. The average molecular weight is 381 g/mol. The summed E-state index contributed by atoms with van der Waals surface area (Å²) in [5.74, 6) is 0.0720. The molecule has 1 unspecified atom stereocenters. The first-order chi connectivity index (χ1) is 11.9. The Labute approximate surface area is 151 Å². The highest BCUT2D eigenvalue weighted by atomic mass is 35.5. The molecule has 0 bridgehead atoms. The number of fused-ring (bicyclic) bond motifs is 1. The predicted octanol–water partition coefficient (Wildman–Crippen LogP) is 2.55. The van der Waals surface area contributed by atoms with Crippen LogP contribution >= 0.6 is 11.6 Å². The van der Waals surface area contributed by atoms with Crippen molar-refractivity contribution in [2.24, 2.45) is 0 Å². The van der Waals surface area contributed by atoms with Gasteiger partial charge in [-0.15, -0.1) is 0 Å². The van der Waals surface area contributed by atoms with Crippen molar-refractivity contribution in [1.29, 1.82) is 0 Å². The number of halogens is 1. The molecule has 2 N–H and O–H groups in total. The summed E-state index contributed by atoms with van der Waals surface area (Å²) in [5, 5.41) is 3.15. The number of benzene rings is 2. The Bertz CT molecular complexity index is 886. The summed E-state index contributed by atoms with van der Waals surface area (Å²) in [7, 11) is -3.56. The van der Waals surface area contributed by atoms with E-state index in [1.54, 1.807) is 48.5 Å². The molecule has 0 aromatic heterocycles. The molecule has 1 atom stereocenters. The van der Waals surface area contributed by atoms with Crippen LogP contribution in [-0.2, 0) is 20.6 Å². The van der Waals surface area contributed by atoms with Crippen molar-refractivity contribution >= 4 is 33.2 Å². The van der Waals surface area contributed by atoms with Crippen LogP contribution in [-0.4, -0.2) is 27.0 Å². The third-order valence-corrected chi connectivity index (χ3v) is 5.44. The van der Waals surface area contributed by atoms with Crippen LogP contribution in [0, 0.1) is 0 Å². The number of hydrogen-bond acceptors (Lipinski definition) is 4. The molecule has 1 aliphatic heterocycles. The van der Waals surface area contributed by atoms with Crippen LogP contribution in [0.1, 0.15) is 12.0 Å². The normalized spacial score (nSPS) is 16.7. The fourth-order valence-electron chi connectivity index (χ4n) is 2.50. The monoisotopic (exact) mass is 380 g/mol. The van der Waals surface area contributed by atoms with E-state index in [1.807, 2.05) is 0 Å². The number of amides is 1. The van der Waals surface area contributed by atoms with Gasteiger partial charge >= 0.3 is 0 Å². The largest absolute Gasteiger partial charge is 0.478 e. The van der Waals surface area contributed by atoms with Gasteiger partial charge in [-0.3, -0.25) is 4.79 Å². The molecule has 132 valence electrons. The van der Waals surface area contributed by atoms with Crippen molar-refractivity contribution in [3.05, 3.63) is 59.1 Å². The standard InChI is InChI=1S/C17H17ClN2O4S/c18-13-6-2-1-5-12(13)11-25(22,23)19-10-9-16-17(21)20-14-7-3-4-8-15(14)24-16/h1-8,16,19H,9-11H2,(H,20,21). The van der Waals surface area contributed by atoms with E-state index in [0.29, 0.717) is 22.0 Å². The number of carbonyl (C=O) groups is 1. The minimum atomic E-state index is -3.56. The molecule has 0 saturated heterocycles. The van der Waals surface area contributed by atoms with Crippen LogP contribution in [0.25, 0.3) is 0 Å². The molecule has 8 heteroatoms. The van der Waals surface area contributed by atoms with Crippen molar-refractivity contribution in [2.75, 3.05) is 11.9 Å². The van der Waals surface area contributed by atoms with E-state index < -0.39 is 16.1 Å². The average Bonchev–Trinajstić information content (AvgIpc) is 2.57. The van der Waals surface area contributed by atoms with Gasteiger partial charge in [-0.05, 0) is 23.8 Å². The first kappa shape index (κ1) is 17.7. The van der Waals surface area contributed by atoms with Crippen molar-refractivity contribution in [3.63, 3.8) is 0 Å². The van der Waals surface area contributed by atoms with E-state index in [9.17, 15) is 13.2 Å². The van der Waals surface area contributed by atoms with Crippen molar-refractivity contribution in [2.45, 2.75) is 18.3 Å². The van der Waals surface area contributed by atoms with Crippen molar-refractivity contribution in [3.8, 4) is 5.75 Å². The number of nitrogens with one attached hydrogen (secondary N) is 2. The van der Waals surface area contributed by atoms with Crippen LogP contribution in [0.3, 0.4) is 0 Å². The van der Waals surface area contributed by atoms with Gasteiger partial charge in [-0.1, -0.05) is 41.9 Å². The summed E-state index contributed by atoms with van der Waals surface area (Å²) in [6.45, 7) is 0.0903. The van der Waals surface area contributed by atoms with E-state index in [1.165, 1.54) is 0 Å². The maximum absolute atomic E-state index is 12.2. The summed E-state index contributed by atoms with van der Waals surface area (Å²) in [6, 6.07) is 13.9. The van der Waals surface area contributed by atoms with Crippen molar-refractivity contribution < 1.29 is 17.9 Å². The summed E-state index contributed by atoms with van der Waals surface area (Å²) >= 11 is 5.99. The topological polar surface area (TPSA) is 84.5 Å². The van der Waals surface area contributed by atoms with Gasteiger partial charge in [0.05, 0.1) is 11.4 Å². The molecule has 0 radical (unpaired) electrons. The number of para-hydroxylation sites is 2. The highest BCUT2D eigenvalue weighted by Gasteiger charge is 2.27. The minimum absolute atomic E-state index is 0.0903. The summed E-state index contributed by atoms with van der Waals surface area (Å²) in [5.41, 5.74) is 1.14. The van der Waals surface area contributed by atoms with Crippen LogP contribution in [0.5, 0.6) is 5.75 Å². The highest BCUT2D eigenvalue weighted by Crippen LogP contribution is 2.29. The molecule has 0 aliphatic carbocycles. The van der Waals surface area contributed by atoms with Gasteiger partial charge in [0.2, 0.25) is 10.0 Å². The third-order valence-electron chi connectivity index (χ3n) is 3.74. The number of hydrogen-bond donors (Lipinski definition) is 2. The molecule has 3 rings (SSSR count). The van der Waals surface area contributed by atoms with Crippen LogP contribution < -0.4 is 14.8 Å². The summed E-state index contributed by atoms with van der Waals surface area (Å²) in [6.07, 6.45) is -0.514. The van der Waals surface area contributed by atoms with Crippen LogP contribution in [0.4, 0.5) is 5.69 Å². The van der Waals surface area contributed by atoms with Gasteiger partial charge in [0.15, 0.2) is 6.10 Å². The zero-order valence-corrected chi connectivity index (χ0v) is 14.8. The molecular weight excluding hydrogens is 364 g/mol. The lowest BCUT2D eigenvalue weighted by Crippen LogP contribution is -2.39. The Morgan fingerprint density at radius 2 is 1.84 bits per heavy atom. The van der Waals surface area contributed by atoms with Gasteiger partial charge < -0.3 is 10.1 Å². The fraction of sp³-hybridized carbons (Fsp3) is 0.235. The molecule has 1 amide bonds. The highest BCUT2D eigenvalue weighted by molar-refractivity contribution is 7.88. The summed E-state index contributed by atoms with van der Waals surface area (Å²) < 4.78 is 32.4. The van der Waals surface area contributed by atoms with Crippen molar-refractivity contribution in [1.82, 2.24) is 4.72 Å². The smallest absolute Gasteiger partial charge is 0.265 e. The molecule has 25 heavy (non-hydrogen) atoms. The second-order valence-corrected chi connectivity index (χ2v) is 7.84. The lowest BCUT2D eigenvalue weighted by molar-refractivity contribution is -0.123. The third kappa shape index (κ3) is 4.50. The molecule has 6 nitrogen and oxygen atoms in total. The van der Waals surface area contributed by atoms with Gasteiger partial charge in [0.1, 0.15) is 5.75 Å².